The van der Waals surface area contributed by atoms with Crippen LogP contribution in [0.25, 0.3) is 21.6 Å². The number of aryl methyl sites for hydroxylation is 1. The predicted octanol–water partition coefficient (Wildman–Crippen LogP) is 4.43. The van der Waals surface area contributed by atoms with Crippen molar-refractivity contribution in [3.8, 4) is 21.6 Å². The number of rotatable bonds is 2. The van der Waals surface area contributed by atoms with Gasteiger partial charge in [-0.1, -0.05) is 18.2 Å². The first-order valence-corrected chi connectivity index (χ1v) is 7.26. The molecule has 3 aromatic rings. The fourth-order valence-corrected chi connectivity index (χ4v) is 3.32. The van der Waals surface area contributed by atoms with E-state index in [9.17, 15) is 0 Å². The van der Waals surface area contributed by atoms with E-state index < -0.39 is 0 Å². The molecule has 0 amide bonds. The minimum absolute atomic E-state index is 0.820. The second-order valence-electron chi connectivity index (χ2n) is 4.07. The maximum absolute atomic E-state index is 6.16. The molecule has 0 unspecified atom stereocenters. The Balaban J connectivity index is 2.07. The van der Waals surface area contributed by atoms with Gasteiger partial charge in [-0.05, 0) is 41.5 Å². The van der Waals surface area contributed by atoms with Crippen LogP contribution in [-0.2, 0) is 0 Å². The Kier molecular flexibility index (Phi) is 2.89. The molecule has 1 aromatic carbocycles. The third-order valence-electron chi connectivity index (χ3n) is 2.90. The first kappa shape index (κ1) is 11.4. The van der Waals surface area contributed by atoms with Gasteiger partial charge < -0.3 is 5.73 Å². The lowest BCUT2D eigenvalue weighted by atomic mass is 10.0. The molecule has 90 valence electrons. The van der Waals surface area contributed by atoms with Gasteiger partial charge in [-0.3, -0.25) is 0 Å². The number of hydrogen-bond acceptors (Lipinski definition) is 4. The summed E-state index contributed by atoms with van der Waals surface area (Å²) in [6.45, 7) is 2.08. The maximum atomic E-state index is 6.16. The summed E-state index contributed by atoms with van der Waals surface area (Å²) in [7, 11) is 0. The molecule has 3 rings (SSSR count). The largest absolute Gasteiger partial charge is 0.398 e. The topological polar surface area (TPSA) is 38.9 Å². The molecule has 0 aliphatic heterocycles. The summed E-state index contributed by atoms with van der Waals surface area (Å²) in [6.07, 6.45) is 1.90. The number of anilines is 1. The minimum atomic E-state index is 0.820. The highest BCUT2D eigenvalue weighted by Gasteiger charge is 2.08. The Bertz CT molecular complexity index is 669. The van der Waals surface area contributed by atoms with Crippen LogP contribution >= 0.6 is 22.9 Å². The average Bonchev–Trinajstić information content (AvgIpc) is 2.99. The van der Waals surface area contributed by atoms with Crippen LogP contribution in [0.15, 0.2) is 41.9 Å². The quantitative estimate of drug-likeness (QED) is 0.701. The molecule has 0 saturated carbocycles. The van der Waals surface area contributed by atoms with Crippen molar-refractivity contribution < 1.29 is 0 Å². The van der Waals surface area contributed by atoms with Crippen molar-refractivity contribution in [1.29, 1.82) is 0 Å². The van der Waals surface area contributed by atoms with Gasteiger partial charge in [0, 0.05) is 32.8 Å². The summed E-state index contributed by atoms with van der Waals surface area (Å²) >= 11 is 3.22. The van der Waals surface area contributed by atoms with Crippen molar-refractivity contribution in [2.45, 2.75) is 6.92 Å². The van der Waals surface area contributed by atoms with E-state index in [-0.39, 0.29) is 0 Å². The van der Waals surface area contributed by atoms with Gasteiger partial charge in [-0.2, -0.15) is 0 Å². The van der Waals surface area contributed by atoms with E-state index in [0.29, 0.717) is 0 Å². The van der Waals surface area contributed by atoms with Crippen LogP contribution < -0.4 is 5.73 Å². The molecule has 0 saturated heterocycles. The van der Waals surface area contributed by atoms with E-state index in [1.165, 1.54) is 26.9 Å². The van der Waals surface area contributed by atoms with Gasteiger partial charge in [0.1, 0.15) is 0 Å². The number of aromatic nitrogens is 1. The highest BCUT2D eigenvalue weighted by atomic mass is 32.1. The zero-order valence-corrected chi connectivity index (χ0v) is 11.5. The van der Waals surface area contributed by atoms with Crippen LogP contribution in [0.3, 0.4) is 0 Å². The van der Waals surface area contributed by atoms with Gasteiger partial charge in [0.15, 0.2) is 0 Å². The molecule has 4 heteroatoms. The van der Waals surface area contributed by atoms with Crippen molar-refractivity contribution >= 4 is 28.6 Å². The third-order valence-corrected chi connectivity index (χ3v) is 4.51. The van der Waals surface area contributed by atoms with Crippen molar-refractivity contribution in [2.75, 3.05) is 5.73 Å². The van der Waals surface area contributed by atoms with Crippen molar-refractivity contribution in [3.05, 3.63) is 46.8 Å². The lowest BCUT2D eigenvalue weighted by Gasteiger charge is -2.06. The number of nitrogens with two attached hydrogens (primary N) is 1. The smallest absolute Gasteiger partial charge is 0.0488 e. The molecule has 0 radical (unpaired) electrons. The standard InChI is InChI=1S/C14H12N2S2/c1-9-12(8-16-18-9)10-4-5-11(13(15)7-10)14-3-2-6-17-14/h2-8H,15H2,1H3. The Morgan fingerprint density at radius 2 is 2.06 bits per heavy atom. The molecule has 0 bridgehead atoms. The number of thiophene rings is 1. The summed E-state index contributed by atoms with van der Waals surface area (Å²) in [5.41, 5.74) is 10.4. The zero-order valence-electron chi connectivity index (χ0n) is 9.88. The first-order valence-electron chi connectivity index (χ1n) is 5.61. The van der Waals surface area contributed by atoms with Crippen LogP contribution in [0, 0.1) is 6.92 Å². The normalized spacial score (nSPS) is 10.7. The van der Waals surface area contributed by atoms with E-state index in [0.717, 1.165) is 16.8 Å². The molecule has 2 aromatic heterocycles. The Hall–Kier alpha value is -1.65. The summed E-state index contributed by atoms with van der Waals surface area (Å²) in [4.78, 5) is 2.43. The monoisotopic (exact) mass is 272 g/mol. The molecule has 2 nitrogen and oxygen atoms in total. The van der Waals surface area contributed by atoms with E-state index in [1.54, 1.807) is 11.3 Å². The van der Waals surface area contributed by atoms with Gasteiger partial charge in [0.05, 0.1) is 0 Å². The van der Waals surface area contributed by atoms with Crippen LogP contribution in [0.4, 0.5) is 5.69 Å². The van der Waals surface area contributed by atoms with Gasteiger partial charge in [0.25, 0.3) is 0 Å². The van der Waals surface area contributed by atoms with Gasteiger partial charge >= 0.3 is 0 Å². The number of hydrogen-bond donors (Lipinski definition) is 1. The molecule has 0 aliphatic rings. The fraction of sp³-hybridized carbons (Fsp3) is 0.0714. The molecule has 2 heterocycles. The predicted molar refractivity (Wildman–Crippen MR) is 80.0 cm³/mol. The molecule has 2 N–H and O–H groups in total. The molecular formula is C14H12N2S2. The molecule has 0 spiro atoms. The lowest BCUT2D eigenvalue weighted by Crippen LogP contribution is -1.89. The van der Waals surface area contributed by atoms with Crippen molar-refractivity contribution in [2.24, 2.45) is 0 Å². The Labute approximate surface area is 114 Å². The van der Waals surface area contributed by atoms with Crippen LogP contribution in [0.5, 0.6) is 0 Å². The molecule has 0 atom stereocenters. The lowest BCUT2D eigenvalue weighted by molar-refractivity contribution is 1.53. The highest BCUT2D eigenvalue weighted by molar-refractivity contribution is 7.13. The van der Waals surface area contributed by atoms with Crippen LogP contribution in [0.1, 0.15) is 4.88 Å². The minimum Gasteiger partial charge on any atom is -0.398 e. The summed E-state index contributed by atoms with van der Waals surface area (Å²) in [6, 6.07) is 10.4. The first-order chi connectivity index (χ1) is 8.75. The molecular weight excluding hydrogens is 260 g/mol. The van der Waals surface area contributed by atoms with E-state index in [4.69, 9.17) is 5.73 Å². The van der Waals surface area contributed by atoms with Crippen LogP contribution in [0.2, 0.25) is 0 Å². The molecule has 18 heavy (non-hydrogen) atoms. The summed E-state index contributed by atoms with van der Waals surface area (Å²) < 4.78 is 4.20. The molecule has 0 fully saturated rings. The Morgan fingerprint density at radius 3 is 2.67 bits per heavy atom. The van der Waals surface area contributed by atoms with Crippen molar-refractivity contribution in [1.82, 2.24) is 4.37 Å². The number of nitrogen functional groups attached to an aromatic ring is 1. The second kappa shape index (κ2) is 4.55. The average molecular weight is 272 g/mol. The fourth-order valence-electron chi connectivity index (χ4n) is 1.96. The van der Waals surface area contributed by atoms with Crippen LogP contribution in [-0.4, -0.2) is 4.37 Å². The molecule has 0 aliphatic carbocycles. The maximum Gasteiger partial charge on any atom is 0.0488 e. The van der Waals surface area contributed by atoms with E-state index in [1.807, 2.05) is 18.3 Å². The third kappa shape index (κ3) is 1.94. The second-order valence-corrected chi connectivity index (χ2v) is 6.03. The number of nitrogens with zero attached hydrogens (tertiary/aromatic N) is 1. The summed E-state index contributed by atoms with van der Waals surface area (Å²) in [5.74, 6) is 0. The van der Waals surface area contributed by atoms with E-state index in [2.05, 4.69) is 34.9 Å². The van der Waals surface area contributed by atoms with Gasteiger partial charge in [0.2, 0.25) is 0 Å². The van der Waals surface area contributed by atoms with Gasteiger partial charge in [-0.15, -0.1) is 11.3 Å². The highest BCUT2D eigenvalue weighted by Crippen LogP contribution is 2.34. The van der Waals surface area contributed by atoms with Crippen molar-refractivity contribution in [3.63, 3.8) is 0 Å². The van der Waals surface area contributed by atoms with E-state index >= 15 is 0 Å². The number of benzene rings is 1. The zero-order chi connectivity index (χ0) is 12.5. The SMILES string of the molecule is Cc1sncc1-c1ccc(-c2cccs2)c(N)c1. The van der Waals surface area contributed by atoms with Gasteiger partial charge in [-0.25, -0.2) is 4.37 Å². The Morgan fingerprint density at radius 1 is 1.17 bits per heavy atom. The summed E-state index contributed by atoms with van der Waals surface area (Å²) in [5, 5.41) is 2.07.